The summed E-state index contributed by atoms with van der Waals surface area (Å²) in [5.74, 6) is 1.07. The molecule has 1 unspecified atom stereocenters. The first-order chi connectivity index (χ1) is 28.4. The number of hydrogen-bond acceptors (Lipinski definition) is 12. The van der Waals surface area contributed by atoms with Gasteiger partial charge in [0.1, 0.15) is 47.3 Å². The highest BCUT2D eigenvalue weighted by Crippen LogP contribution is 2.46. The molecule has 1 saturated heterocycles. The van der Waals surface area contributed by atoms with Crippen LogP contribution >= 0.6 is 0 Å². The average molecular weight is 786 g/mol. The van der Waals surface area contributed by atoms with Crippen LogP contribution in [0.3, 0.4) is 0 Å². The van der Waals surface area contributed by atoms with Crippen molar-refractivity contribution < 1.29 is 38.3 Å². The lowest BCUT2D eigenvalue weighted by molar-refractivity contribution is -0.149. The van der Waals surface area contributed by atoms with E-state index >= 15 is 4.79 Å². The molecule has 3 N–H and O–H groups in total. The van der Waals surface area contributed by atoms with E-state index in [1.807, 2.05) is 84.9 Å². The van der Waals surface area contributed by atoms with E-state index in [9.17, 15) is 5.11 Å². The summed E-state index contributed by atoms with van der Waals surface area (Å²) in [6.45, 7) is 0. The van der Waals surface area contributed by atoms with Gasteiger partial charge in [-0.2, -0.15) is 0 Å². The third kappa shape index (κ3) is 7.31. The Kier molecular flexibility index (Phi) is 11.5. The Bertz CT molecular complexity index is 2240. The van der Waals surface area contributed by atoms with Gasteiger partial charge in [-0.1, -0.05) is 97.8 Å². The number of benzene rings is 4. The molecular formula is C45H47N5O8. The lowest BCUT2D eigenvalue weighted by atomic mass is 9.79. The normalized spacial score (nSPS) is 22.8. The Morgan fingerprint density at radius 2 is 1.38 bits per heavy atom. The molecule has 4 aromatic carbocycles. The van der Waals surface area contributed by atoms with E-state index in [-0.39, 0.29) is 18.0 Å². The largest absolute Gasteiger partial charge is 0.497 e. The van der Waals surface area contributed by atoms with Crippen molar-refractivity contribution in [2.45, 2.75) is 74.1 Å². The number of carbonyl (C=O) groups excluding carboxylic acids is 1. The second kappa shape index (κ2) is 17.0. The minimum absolute atomic E-state index is 0.190. The quantitative estimate of drug-likeness (QED) is 0.0940. The summed E-state index contributed by atoms with van der Waals surface area (Å²) in [5, 5.41) is 12.7. The Balaban J connectivity index is 1.31. The Morgan fingerprint density at radius 1 is 0.793 bits per heavy atom. The maximum atomic E-state index is 15.2. The van der Waals surface area contributed by atoms with Crippen LogP contribution in [0, 0.1) is 0 Å². The number of nitrogens with zero attached hydrogens (tertiary/aromatic N) is 4. The van der Waals surface area contributed by atoms with Crippen LogP contribution in [0.25, 0.3) is 11.2 Å². The molecule has 0 amide bonds. The molecule has 300 valence electrons. The Morgan fingerprint density at radius 3 is 1.98 bits per heavy atom. The molecule has 2 fully saturated rings. The molecule has 6 aromatic rings. The number of imidazole rings is 1. The van der Waals surface area contributed by atoms with Gasteiger partial charge in [0, 0.05) is 12.7 Å². The number of anilines is 1. The monoisotopic (exact) mass is 785 g/mol. The van der Waals surface area contributed by atoms with Gasteiger partial charge in [-0.05, 0) is 53.8 Å². The zero-order valence-corrected chi connectivity index (χ0v) is 32.6. The lowest BCUT2D eigenvalue weighted by Gasteiger charge is -2.40. The first kappa shape index (κ1) is 39.1. The van der Waals surface area contributed by atoms with Gasteiger partial charge in [0.25, 0.3) is 0 Å². The van der Waals surface area contributed by atoms with Crippen LogP contribution in [-0.2, 0) is 24.5 Å². The number of rotatable bonds is 14. The predicted octanol–water partition coefficient (Wildman–Crippen LogP) is 6.29. The summed E-state index contributed by atoms with van der Waals surface area (Å²) in [7, 11) is 4.88. The van der Waals surface area contributed by atoms with Crippen molar-refractivity contribution in [3.05, 3.63) is 144 Å². The summed E-state index contributed by atoms with van der Waals surface area (Å²) in [6.07, 6.45) is -0.333. The SMILES string of the molecule is COc1ccc(C(OC(C(=O)c2ccccc2)[C@H]2O[C@@H](n3cnc4c(N)ncnc43)[C@H](O[C@@H]3CCCC[C@H]3OC)[C@@H]2O)(c2ccccc2)c2ccc(OC)cc2)cc1. The number of ether oxygens (including phenoxy) is 6. The van der Waals surface area contributed by atoms with Gasteiger partial charge in [0.15, 0.2) is 29.6 Å². The second-order valence-electron chi connectivity index (χ2n) is 14.5. The van der Waals surface area contributed by atoms with Crippen LogP contribution in [0.4, 0.5) is 5.82 Å². The summed E-state index contributed by atoms with van der Waals surface area (Å²) >= 11 is 0. The molecule has 8 rings (SSSR count). The van der Waals surface area contributed by atoms with Crippen molar-refractivity contribution in [1.29, 1.82) is 0 Å². The summed E-state index contributed by atoms with van der Waals surface area (Å²) < 4.78 is 40.0. The molecule has 2 aliphatic rings. The fourth-order valence-corrected chi connectivity index (χ4v) is 8.30. The standard InChI is InChI=1S/C45H47N5O8/c1-53-32-22-18-30(19-23-32)45(29-14-8-5-9-15-29,31-20-24-33(54-2)25-21-31)58-40(37(51)28-12-6-4-7-13-28)39-38(52)41(56-35-17-11-10-16-34(35)55-3)44(57-39)50-27-49-36-42(46)47-26-48-43(36)50/h4-9,12-15,18-27,34-35,38-41,44,52H,10-11,16-17H2,1-3H3,(H2,46,47,48)/t34-,35-,38-,39+,40?,41-,44-/m1/s1. The second-order valence-corrected chi connectivity index (χ2v) is 14.5. The molecule has 1 aliphatic carbocycles. The fourth-order valence-electron chi connectivity index (χ4n) is 8.30. The highest BCUT2D eigenvalue weighted by atomic mass is 16.6. The van der Waals surface area contributed by atoms with E-state index < -0.39 is 42.0 Å². The van der Waals surface area contributed by atoms with E-state index in [1.54, 1.807) is 56.5 Å². The highest BCUT2D eigenvalue weighted by Gasteiger charge is 2.55. The van der Waals surface area contributed by atoms with Gasteiger partial charge in [0.2, 0.25) is 0 Å². The number of methoxy groups -OCH3 is 3. The van der Waals surface area contributed by atoms with E-state index in [0.717, 1.165) is 24.8 Å². The minimum atomic E-state index is -1.44. The fraction of sp³-hybridized carbons (Fsp3) is 0.333. The molecule has 13 nitrogen and oxygen atoms in total. The molecule has 0 spiro atoms. The van der Waals surface area contributed by atoms with Gasteiger partial charge in [-0.25, -0.2) is 15.0 Å². The topological polar surface area (TPSA) is 162 Å². The van der Waals surface area contributed by atoms with Gasteiger partial charge < -0.3 is 39.3 Å². The van der Waals surface area contributed by atoms with E-state index in [4.69, 9.17) is 34.2 Å². The lowest BCUT2D eigenvalue weighted by Crippen LogP contribution is -2.50. The number of nitrogens with two attached hydrogens (primary N) is 1. The number of Topliss-reactive ketones (excluding diaryl/α,β-unsaturated/α-hetero) is 1. The van der Waals surface area contributed by atoms with Crippen molar-refractivity contribution in [2.75, 3.05) is 27.1 Å². The number of aliphatic hydroxyl groups is 1. The highest BCUT2D eigenvalue weighted by molar-refractivity contribution is 6.00. The number of nitrogen functional groups attached to an aromatic ring is 1. The van der Waals surface area contributed by atoms with Crippen LogP contribution in [0.15, 0.2) is 122 Å². The predicted molar refractivity (Wildman–Crippen MR) is 216 cm³/mol. The van der Waals surface area contributed by atoms with Crippen molar-refractivity contribution in [3.8, 4) is 11.5 Å². The van der Waals surface area contributed by atoms with Gasteiger partial charge >= 0.3 is 0 Å². The first-order valence-electron chi connectivity index (χ1n) is 19.4. The molecule has 3 heterocycles. The zero-order chi connectivity index (χ0) is 40.2. The first-order valence-corrected chi connectivity index (χ1v) is 19.4. The Hall–Kier alpha value is -5.70. The van der Waals surface area contributed by atoms with E-state index in [0.29, 0.717) is 45.8 Å². The van der Waals surface area contributed by atoms with Crippen LogP contribution in [0.1, 0.15) is 59.0 Å². The number of ketones is 1. The number of carbonyl (C=O) groups is 1. The van der Waals surface area contributed by atoms with Crippen LogP contribution in [0.5, 0.6) is 11.5 Å². The number of fused-ring (bicyclic) bond motifs is 1. The Labute approximate surface area is 336 Å². The molecule has 2 aromatic heterocycles. The molecule has 58 heavy (non-hydrogen) atoms. The maximum Gasteiger partial charge on any atom is 0.194 e. The van der Waals surface area contributed by atoms with Crippen LogP contribution in [-0.4, -0.2) is 88.4 Å². The van der Waals surface area contributed by atoms with E-state index in [2.05, 4.69) is 15.0 Å². The van der Waals surface area contributed by atoms with Crippen LogP contribution in [0.2, 0.25) is 0 Å². The third-order valence-corrected chi connectivity index (χ3v) is 11.3. The van der Waals surface area contributed by atoms with E-state index in [1.165, 1.54) is 6.33 Å². The van der Waals surface area contributed by atoms with Gasteiger partial charge in [-0.3, -0.25) is 9.36 Å². The number of hydrogen-bond donors (Lipinski definition) is 2. The van der Waals surface area contributed by atoms with Crippen molar-refractivity contribution in [2.24, 2.45) is 0 Å². The minimum Gasteiger partial charge on any atom is -0.497 e. The van der Waals surface area contributed by atoms with Gasteiger partial charge in [0.05, 0.1) is 32.8 Å². The summed E-state index contributed by atoms with van der Waals surface area (Å²) in [5.41, 5.74) is 8.02. The van der Waals surface area contributed by atoms with Crippen molar-refractivity contribution in [3.63, 3.8) is 0 Å². The number of aliphatic hydroxyl groups excluding tert-OH is 1. The number of aromatic nitrogens is 4. The molecule has 13 heteroatoms. The van der Waals surface area contributed by atoms with Gasteiger partial charge in [-0.15, -0.1) is 0 Å². The van der Waals surface area contributed by atoms with Crippen LogP contribution < -0.4 is 15.2 Å². The maximum absolute atomic E-state index is 15.2. The molecule has 0 bridgehead atoms. The molecular weight excluding hydrogens is 739 g/mol. The third-order valence-electron chi connectivity index (χ3n) is 11.3. The molecule has 1 saturated carbocycles. The zero-order valence-electron chi connectivity index (χ0n) is 32.6. The smallest absolute Gasteiger partial charge is 0.194 e. The summed E-state index contributed by atoms with van der Waals surface area (Å²) in [6, 6.07) is 33.6. The molecule has 1 aliphatic heterocycles. The molecule has 0 radical (unpaired) electrons. The van der Waals surface area contributed by atoms with Crippen molar-refractivity contribution >= 4 is 22.8 Å². The van der Waals surface area contributed by atoms with Crippen molar-refractivity contribution in [1.82, 2.24) is 19.5 Å². The molecule has 7 atom stereocenters. The summed E-state index contributed by atoms with van der Waals surface area (Å²) in [4.78, 5) is 28.3. The average Bonchev–Trinajstić information content (AvgIpc) is 3.86.